The zero-order chi connectivity index (χ0) is 20.3. The summed E-state index contributed by atoms with van der Waals surface area (Å²) in [5, 5.41) is 1.16. The van der Waals surface area contributed by atoms with E-state index in [1.54, 1.807) is 6.20 Å². The van der Waals surface area contributed by atoms with Gasteiger partial charge in [0.15, 0.2) is 0 Å². The van der Waals surface area contributed by atoms with Crippen LogP contribution < -0.4 is 4.72 Å². The van der Waals surface area contributed by atoms with Crippen molar-refractivity contribution in [1.82, 2.24) is 18.6 Å². The second kappa shape index (κ2) is 8.43. The Labute approximate surface area is 167 Å². The number of benzene rings is 1. The van der Waals surface area contributed by atoms with Crippen LogP contribution in [0.1, 0.15) is 19.4 Å². The fourth-order valence-electron chi connectivity index (χ4n) is 3.27. The van der Waals surface area contributed by atoms with Gasteiger partial charge in [-0.1, -0.05) is 32.0 Å². The van der Waals surface area contributed by atoms with Crippen molar-refractivity contribution in [2.45, 2.75) is 26.8 Å². The summed E-state index contributed by atoms with van der Waals surface area (Å²) in [5.41, 5.74) is 4.53. The molecule has 28 heavy (non-hydrogen) atoms. The number of rotatable bonds is 8. The molecule has 2 aromatic heterocycles. The molecule has 6 nitrogen and oxygen atoms in total. The number of hydrogen-bond acceptors (Lipinski definition) is 3. The zero-order valence-electron chi connectivity index (χ0n) is 16.9. The SMILES string of the molecule is CC(C)Cn1cc(CCNS(=O)(=O)N(C)C)c2ccc(-c3cccnc3)cc21. The van der Waals surface area contributed by atoms with Gasteiger partial charge >= 0.3 is 0 Å². The molecule has 0 aliphatic rings. The molecule has 0 aliphatic heterocycles. The van der Waals surface area contributed by atoms with Crippen LogP contribution in [0.15, 0.2) is 48.9 Å². The van der Waals surface area contributed by atoms with E-state index in [9.17, 15) is 8.42 Å². The quantitative estimate of drug-likeness (QED) is 0.631. The van der Waals surface area contributed by atoms with Crippen LogP contribution in [-0.4, -0.2) is 42.9 Å². The van der Waals surface area contributed by atoms with E-state index < -0.39 is 10.2 Å². The van der Waals surface area contributed by atoms with Crippen molar-refractivity contribution in [2.75, 3.05) is 20.6 Å². The van der Waals surface area contributed by atoms with E-state index >= 15 is 0 Å². The van der Waals surface area contributed by atoms with E-state index in [1.807, 2.05) is 12.3 Å². The van der Waals surface area contributed by atoms with Crippen molar-refractivity contribution < 1.29 is 8.42 Å². The first-order valence-corrected chi connectivity index (χ1v) is 10.9. The van der Waals surface area contributed by atoms with E-state index in [1.165, 1.54) is 23.9 Å². The van der Waals surface area contributed by atoms with Crippen LogP contribution in [0.3, 0.4) is 0 Å². The van der Waals surface area contributed by atoms with Crippen LogP contribution in [0.2, 0.25) is 0 Å². The normalized spacial score (nSPS) is 12.4. The van der Waals surface area contributed by atoms with Crippen molar-refractivity contribution >= 4 is 21.1 Å². The zero-order valence-corrected chi connectivity index (χ0v) is 17.7. The minimum atomic E-state index is -3.41. The van der Waals surface area contributed by atoms with E-state index in [2.05, 4.69) is 58.6 Å². The lowest BCUT2D eigenvalue weighted by atomic mass is 10.0. The van der Waals surface area contributed by atoms with E-state index in [4.69, 9.17) is 0 Å². The maximum atomic E-state index is 11.9. The lowest BCUT2D eigenvalue weighted by Gasteiger charge is -2.11. The summed E-state index contributed by atoms with van der Waals surface area (Å²) in [5.74, 6) is 0.512. The lowest BCUT2D eigenvalue weighted by molar-refractivity contribution is 0.506. The predicted molar refractivity (Wildman–Crippen MR) is 114 cm³/mol. The third-order valence-electron chi connectivity index (χ3n) is 4.68. The fourth-order valence-corrected chi connectivity index (χ4v) is 3.89. The van der Waals surface area contributed by atoms with Crippen LogP contribution in [0.5, 0.6) is 0 Å². The average Bonchev–Trinajstić information content (AvgIpc) is 2.98. The highest BCUT2D eigenvalue weighted by Gasteiger charge is 2.14. The summed E-state index contributed by atoms with van der Waals surface area (Å²) in [6.45, 7) is 5.67. The number of fused-ring (bicyclic) bond motifs is 1. The van der Waals surface area contributed by atoms with Gasteiger partial charge in [0, 0.05) is 62.2 Å². The van der Waals surface area contributed by atoms with Crippen molar-refractivity contribution in [3.05, 3.63) is 54.5 Å². The van der Waals surface area contributed by atoms with Gasteiger partial charge in [-0.3, -0.25) is 4.98 Å². The lowest BCUT2D eigenvalue weighted by Crippen LogP contribution is -2.36. The Balaban J connectivity index is 1.93. The van der Waals surface area contributed by atoms with Gasteiger partial charge in [-0.15, -0.1) is 0 Å². The van der Waals surface area contributed by atoms with Gasteiger partial charge in [0.2, 0.25) is 0 Å². The molecule has 150 valence electrons. The van der Waals surface area contributed by atoms with Crippen molar-refractivity contribution in [1.29, 1.82) is 0 Å². The third-order valence-corrected chi connectivity index (χ3v) is 6.21. The van der Waals surface area contributed by atoms with E-state index in [-0.39, 0.29) is 0 Å². The third kappa shape index (κ3) is 4.60. The molecule has 1 aromatic carbocycles. The second-order valence-electron chi connectivity index (χ2n) is 7.61. The number of hydrogen-bond donors (Lipinski definition) is 1. The topological polar surface area (TPSA) is 67.2 Å². The molecule has 0 saturated carbocycles. The van der Waals surface area contributed by atoms with Crippen LogP contribution >= 0.6 is 0 Å². The standard InChI is InChI=1S/C21H28N4O2S/c1-16(2)14-25-15-19(9-11-23-28(26,27)24(3)4)20-8-7-17(12-21(20)25)18-6-5-10-22-13-18/h5-8,10,12-13,15-16,23H,9,11,14H2,1-4H3. The van der Waals surface area contributed by atoms with Gasteiger partial charge in [0.1, 0.15) is 0 Å². The molecule has 0 atom stereocenters. The first-order chi connectivity index (χ1) is 13.3. The molecule has 0 spiro atoms. The summed E-state index contributed by atoms with van der Waals surface area (Å²) in [6, 6.07) is 10.4. The largest absolute Gasteiger partial charge is 0.347 e. The Morgan fingerprint density at radius 2 is 1.96 bits per heavy atom. The molecule has 7 heteroatoms. The van der Waals surface area contributed by atoms with Gasteiger partial charge < -0.3 is 4.57 Å². The van der Waals surface area contributed by atoms with Crippen LogP contribution in [0.25, 0.3) is 22.0 Å². The number of nitrogens with zero attached hydrogens (tertiary/aromatic N) is 3. The molecule has 0 saturated heterocycles. The van der Waals surface area contributed by atoms with Crippen molar-refractivity contribution in [3.8, 4) is 11.1 Å². The molecule has 0 radical (unpaired) electrons. The molecule has 0 aliphatic carbocycles. The minimum Gasteiger partial charge on any atom is -0.347 e. The second-order valence-corrected chi connectivity index (χ2v) is 9.58. The molecule has 3 rings (SSSR count). The average molecular weight is 401 g/mol. The smallest absolute Gasteiger partial charge is 0.278 e. The Kier molecular flexibility index (Phi) is 6.17. The first-order valence-electron chi connectivity index (χ1n) is 9.47. The molecule has 0 unspecified atom stereocenters. The van der Waals surface area contributed by atoms with Gasteiger partial charge in [0.25, 0.3) is 10.2 Å². The van der Waals surface area contributed by atoms with Crippen LogP contribution in [0, 0.1) is 5.92 Å². The Bertz CT molecular complexity index is 1040. The summed E-state index contributed by atoms with van der Waals surface area (Å²) in [7, 11) is -0.358. The Hall–Kier alpha value is -2.22. The van der Waals surface area contributed by atoms with Crippen molar-refractivity contribution in [2.24, 2.45) is 5.92 Å². The molecule has 0 amide bonds. The van der Waals surface area contributed by atoms with Crippen molar-refractivity contribution in [3.63, 3.8) is 0 Å². The maximum absolute atomic E-state index is 11.9. The predicted octanol–water partition coefficient (Wildman–Crippen LogP) is 3.30. The Morgan fingerprint density at radius 1 is 1.18 bits per heavy atom. The minimum absolute atomic E-state index is 0.367. The fraction of sp³-hybridized carbons (Fsp3) is 0.381. The summed E-state index contributed by atoms with van der Waals surface area (Å²) in [4.78, 5) is 4.22. The maximum Gasteiger partial charge on any atom is 0.278 e. The molecule has 0 bridgehead atoms. The van der Waals surface area contributed by atoms with E-state index in [0.29, 0.717) is 18.9 Å². The first kappa shape index (κ1) is 20.5. The molecular weight excluding hydrogens is 372 g/mol. The summed E-state index contributed by atoms with van der Waals surface area (Å²) < 4.78 is 30.0. The summed E-state index contributed by atoms with van der Waals surface area (Å²) in [6.07, 6.45) is 6.44. The highest BCUT2D eigenvalue weighted by molar-refractivity contribution is 7.87. The van der Waals surface area contributed by atoms with Crippen LogP contribution in [0.4, 0.5) is 0 Å². The van der Waals surface area contributed by atoms with Crippen LogP contribution in [-0.2, 0) is 23.2 Å². The monoisotopic (exact) mass is 400 g/mol. The van der Waals surface area contributed by atoms with Gasteiger partial charge in [-0.2, -0.15) is 12.7 Å². The number of nitrogens with one attached hydrogen (secondary N) is 1. The highest BCUT2D eigenvalue weighted by Crippen LogP contribution is 2.28. The van der Waals surface area contributed by atoms with Gasteiger partial charge in [-0.25, -0.2) is 4.72 Å². The number of pyridine rings is 1. The molecule has 3 aromatic rings. The highest BCUT2D eigenvalue weighted by atomic mass is 32.2. The molecule has 0 fully saturated rings. The van der Waals surface area contributed by atoms with E-state index in [0.717, 1.165) is 28.6 Å². The molecular formula is C21H28N4O2S. The van der Waals surface area contributed by atoms with Gasteiger partial charge in [-0.05, 0) is 35.6 Å². The summed E-state index contributed by atoms with van der Waals surface area (Å²) >= 11 is 0. The molecule has 1 N–H and O–H groups in total. The molecule has 2 heterocycles. The Morgan fingerprint density at radius 3 is 2.61 bits per heavy atom. The van der Waals surface area contributed by atoms with Gasteiger partial charge in [0.05, 0.1) is 0 Å². The number of aromatic nitrogens is 2.